The van der Waals surface area contributed by atoms with Crippen molar-refractivity contribution < 1.29 is 28.8 Å². The van der Waals surface area contributed by atoms with Crippen LogP contribution in [0.3, 0.4) is 0 Å². The topological polar surface area (TPSA) is 74.2 Å². The molecule has 0 atom stereocenters. The number of carbonyl (C=O) groups is 1. The zero-order valence-electron chi connectivity index (χ0n) is 15.5. The lowest BCUT2D eigenvalue weighted by molar-refractivity contribution is -0.130. The summed E-state index contributed by atoms with van der Waals surface area (Å²) >= 11 is 0. The standard InChI is InChI=1S/C21H20O6/c1-24-17-9-7-14(11-16(17)8-10-20(22)23)5-6-15-12-18(25-2)21(27-4)19(13-15)26-3/h5-7,9,11-13H,1-4H3,(H,22,23)/b6-5-. The summed E-state index contributed by atoms with van der Waals surface area (Å²) in [4.78, 5) is 10.7. The van der Waals surface area contributed by atoms with Crippen LogP contribution in [0, 0.1) is 11.8 Å². The van der Waals surface area contributed by atoms with Crippen molar-refractivity contribution in [2.24, 2.45) is 0 Å². The van der Waals surface area contributed by atoms with Crippen LogP contribution in [0.1, 0.15) is 16.7 Å². The van der Waals surface area contributed by atoms with E-state index in [9.17, 15) is 4.79 Å². The van der Waals surface area contributed by atoms with Gasteiger partial charge >= 0.3 is 5.97 Å². The second-order valence-electron chi connectivity index (χ2n) is 5.31. The zero-order chi connectivity index (χ0) is 19.8. The van der Waals surface area contributed by atoms with Crippen molar-refractivity contribution in [1.29, 1.82) is 0 Å². The summed E-state index contributed by atoms with van der Waals surface area (Å²) in [6, 6.07) is 8.99. The SMILES string of the molecule is COc1ccc(/C=C\c2cc(OC)c(OC)c(OC)c2)cc1C#CC(=O)O. The number of hydrogen-bond acceptors (Lipinski definition) is 5. The van der Waals surface area contributed by atoms with E-state index in [1.165, 1.54) is 7.11 Å². The van der Waals surface area contributed by atoms with Crippen molar-refractivity contribution in [3.8, 4) is 34.8 Å². The molecule has 0 spiro atoms. The molecule has 1 N–H and O–H groups in total. The molecule has 0 fully saturated rings. The first-order chi connectivity index (χ1) is 13.0. The Bertz CT molecular complexity index is 893. The lowest BCUT2D eigenvalue weighted by Gasteiger charge is -2.12. The number of rotatable bonds is 6. The first-order valence-corrected chi connectivity index (χ1v) is 7.93. The third kappa shape index (κ3) is 4.95. The largest absolute Gasteiger partial charge is 0.495 e. The second-order valence-corrected chi connectivity index (χ2v) is 5.31. The summed E-state index contributed by atoms with van der Waals surface area (Å²) < 4.78 is 21.2. The van der Waals surface area contributed by atoms with Crippen LogP contribution in [0.25, 0.3) is 12.2 Å². The predicted molar refractivity (Wildman–Crippen MR) is 103 cm³/mol. The molecule has 0 bridgehead atoms. The number of carboxylic acid groups (broad SMARTS) is 1. The van der Waals surface area contributed by atoms with Gasteiger partial charge in [0.2, 0.25) is 5.75 Å². The van der Waals surface area contributed by atoms with E-state index >= 15 is 0 Å². The van der Waals surface area contributed by atoms with Crippen LogP contribution >= 0.6 is 0 Å². The van der Waals surface area contributed by atoms with Gasteiger partial charge in [0.15, 0.2) is 11.5 Å². The minimum absolute atomic E-state index is 0.493. The third-order valence-corrected chi connectivity index (χ3v) is 3.68. The highest BCUT2D eigenvalue weighted by Gasteiger charge is 2.12. The van der Waals surface area contributed by atoms with Crippen LogP contribution in [-0.2, 0) is 4.79 Å². The molecule has 0 aliphatic carbocycles. The van der Waals surface area contributed by atoms with Crippen LogP contribution < -0.4 is 18.9 Å². The Morgan fingerprint density at radius 3 is 1.96 bits per heavy atom. The van der Waals surface area contributed by atoms with Gasteiger partial charge in [-0.2, -0.15) is 0 Å². The van der Waals surface area contributed by atoms with Gasteiger partial charge in [0.25, 0.3) is 0 Å². The molecule has 0 aliphatic rings. The van der Waals surface area contributed by atoms with Gasteiger partial charge in [0.05, 0.1) is 34.0 Å². The molecule has 0 saturated heterocycles. The van der Waals surface area contributed by atoms with E-state index in [1.807, 2.05) is 30.4 Å². The molecule has 0 saturated carbocycles. The third-order valence-electron chi connectivity index (χ3n) is 3.68. The van der Waals surface area contributed by atoms with Crippen LogP contribution in [0.5, 0.6) is 23.0 Å². The van der Waals surface area contributed by atoms with Crippen molar-refractivity contribution in [2.45, 2.75) is 0 Å². The Kier molecular flexibility index (Phi) is 6.73. The van der Waals surface area contributed by atoms with E-state index in [0.29, 0.717) is 28.6 Å². The fraction of sp³-hybridized carbons (Fsp3) is 0.190. The average molecular weight is 368 g/mol. The molecule has 140 valence electrons. The molecular weight excluding hydrogens is 348 g/mol. The first kappa shape index (κ1) is 19.7. The van der Waals surface area contributed by atoms with E-state index in [-0.39, 0.29) is 0 Å². The number of aliphatic carboxylic acids is 1. The van der Waals surface area contributed by atoms with Gasteiger partial charge in [0.1, 0.15) is 5.75 Å². The van der Waals surface area contributed by atoms with Gasteiger partial charge in [0, 0.05) is 5.92 Å². The summed E-state index contributed by atoms with van der Waals surface area (Å²) in [5, 5.41) is 8.74. The molecule has 0 aromatic heterocycles. The fourth-order valence-corrected chi connectivity index (χ4v) is 2.44. The van der Waals surface area contributed by atoms with Crippen LogP contribution in [0.2, 0.25) is 0 Å². The molecular formula is C21H20O6. The summed E-state index contributed by atoms with van der Waals surface area (Å²) in [7, 11) is 6.17. The fourth-order valence-electron chi connectivity index (χ4n) is 2.44. The minimum atomic E-state index is -1.20. The molecule has 0 radical (unpaired) electrons. The van der Waals surface area contributed by atoms with Crippen LogP contribution in [0.4, 0.5) is 0 Å². The summed E-state index contributed by atoms with van der Waals surface area (Å²) in [5.74, 6) is 5.62. The summed E-state index contributed by atoms with van der Waals surface area (Å²) in [6.45, 7) is 0. The second kappa shape index (κ2) is 9.20. The zero-order valence-corrected chi connectivity index (χ0v) is 15.5. The Morgan fingerprint density at radius 2 is 1.44 bits per heavy atom. The number of carboxylic acids is 1. The van der Waals surface area contributed by atoms with Crippen molar-refractivity contribution in [3.05, 3.63) is 47.0 Å². The summed E-state index contributed by atoms with van der Waals surface area (Å²) in [6.07, 6.45) is 3.74. The van der Waals surface area contributed by atoms with Gasteiger partial charge in [-0.15, -0.1) is 0 Å². The first-order valence-electron chi connectivity index (χ1n) is 7.93. The number of hydrogen-bond donors (Lipinski definition) is 1. The van der Waals surface area contributed by atoms with Gasteiger partial charge in [-0.3, -0.25) is 0 Å². The van der Waals surface area contributed by atoms with Crippen molar-refractivity contribution in [3.63, 3.8) is 0 Å². The minimum Gasteiger partial charge on any atom is -0.495 e. The number of methoxy groups -OCH3 is 4. The molecule has 0 aliphatic heterocycles. The molecule has 6 nitrogen and oxygen atoms in total. The Balaban J connectivity index is 2.39. The van der Waals surface area contributed by atoms with Crippen molar-refractivity contribution >= 4 is 18.1 Å². The van der Waals surface area contributed by atoms with E-state index in [1.54, 1.807) is 33.5 Å². The monoisotopic (exact) mass is 368 g/mol. The lowest BCUT2D eigenvalue weighted by Crippen LogP contribution is -1.95. The van der Waals surface area contributed by atoms with Gasteiger partial charge in [-0.25, -0.2) is 4.79 Å². The molecule has 0 unspecified atom stereocenters. The van der Waals surface area contributed by atoms with Crippen LogP contribution in [0.15, 0.2) is 30.3 Å². The van der Waals surface area contributed by atoms with E-state index in [4.69, 9.17) is 24.1 Å². The molecule has 27 heavy (non-hydrogen) atoms. The highest BCUT2D eigenvalue weighted by Crippen LogP contribution is 2.38. The highest BCUT2D eigenvalue weighted by molar-refractivity contribution is 5.87. The predicted octanol–water partition coefficient (Wildman–Crippen LogP) is 3.33. The molecule has 0 heterocycles. The van der Waals surface area contributed by atoms with Crippen molar-refractivity contribution in [2.75, 3.05) is 28.4 Å². The van der Waals surface area contributed by atoms with E-state index in [2.05, 4.69) is 11.8 Å². The van der Waals surface area contributed by atoms with Gasteiger partial charge in [-0.1, -0.05) is 24.1 Å². The molecule has 2 rings (SSSR count). The van der Waals surface area contributed by atoms with Gasteiger partial charge in [-0.05, 0) is 35.4 Å². The Morgan fingerprint density at radius 1 is 0.852 bits per heavy atom. The van der Waals surface area contributed by atoms with Crippen molar-refractivity contribution in [1.82, 2.24) is 0 Å². The van der Waals surface area contributed by atoms with E-state index in [0.717, 1.165) is 11.1 Å². The maximum Gasteiger partial charge on any atom is 0.382 e. The highest BCUT2D eigenvalue weighted by atomic mass is 16.5. The molecule has 0 amide bonds. The van der Waals surface area contributed by atoms with E-state index < -0.39 is 5.97 Å². The quantitative estimate of drug-likeness (QED) is 0.623. The smallest absolute Gasteiger partial charge is 0.382 e. The normalized spacial score (nSPS) is 10.1. The van der Waals surface area contributed by atoms with Crippen LogP contribution in [-0.4, -0.2) is 39.5 Å². The number of benzene rings is 2. The maximum atomic E-state index is 10.7. The molecule has 6 heteroatoms. The number of ether oxygens (including phenoxy) is 4. The Labute approximate surface area is 157 Å². The summed E-state index contributed by atoms with van der Waals surface area (Å²) in [5.41, 5.74) is 2.17. The Hall–Kier alpha value is -3.59. The maximum absolute atomic E-state index is 10.7. The van der Waals surface area contributed by atoms with Gasteiger partial charge < -0.3 is 24.1 Å². The molecule has 2 aromatic carbocycles. The average Bonchev–Trinajstić information content (AvgIpc) is 2.69. The molecule has 2 aromatic rings. The lowest BCUT2D eigenvalue weighted by atomic mass is 10.1.